The van der Waals surface area contributed by atoms with Gasteiger partial charge < -0.3 is 10.1 Å². The van der Waals surface area contributed by atoms with Crippen LogP contribution in [0.5, 0.6) is 0 Å². The van der Waals surface area contributed by atoms with Crippen LogP contribution in [0.4, 0.5) is 28.0 Å². The molecule has 0 aliphatic rings. The first kappa shape index (κ1) is 24.3. The number of aliphatic imine (C=N–C) groups is 1. The largest absolute Gasteiger partial charge is 0.474 e. The summed E-state index contributed by atoms with van der Waals surface area (Å²) in [5.74, 6) is -2.41. The molecule has 1 N–H and O–H groups in total. The fourth-order valence-electron chi connectivity index (χ4n) is 2.12. The van der Waals surface area contributed by atoms with E-state index in [2.05, 4.69) is 10.3 Å². The number of urea groups is 1. The Morgan fingerprint density at radius 3 is 2.17 bits per heavy atom. The number of carbonyl (C=O) groups excluding carboxylic acids is 1. The average Bonchev–Trinajstić information content (AvgIpc) is 2.62. The fraction of sp³-hybridized carbons (Fsp3) is 0.263. The smallest absolute Gasteiger partial charge is 0.348 e. The Kier molecular flexibility index (Phi) is 8.40. The SMILES string of the molecule is CC(C)OC(=NC(=O)Nc1ccc(SC(F)(F)C(Cl)Cl)cc1)c1c(F)cccc1F. The molecule has 30 heavy (non-hydrogen) atoms. The lowest BCUT2D eigenvalue weighted by molar-refractivity contribution is 0.122. The van der Waals surface area contributed by atoms with Crippen molar-refractivity contribution in [3.63, 3.8) is 0 Å². The molecule has 0 aromatic heterocycles. The maximum Gasteiger partial charge on any atom is 0.348 e. The lowest BCUT2D eigenvalue weighted by Crippen LogP contribution is -2.20. The number of rotatable bonds is 6. The van der Waals surface area contributed by atoms with Crippen molar-refractivity contribution in [1.29, 1.82) is 0 Å². The summed E-state index contributed by atoms with van der Waals surface area (Å²) in [6.45, 7) is 3.20. The maximum atomic E-state index is 14.0. The molecule has 0 unspecified atom stereocenters. The number of nitrogens with zero attached hydrogens (tertiary/aromatic N) is 1. The van der Waals surface area contributed by atoms with E-state index in [1.807, 2.05) is 0 Å². The van der Waals surface area contributed by atoms with Crippen LogP contribution in [0.25, 0.3) is 0 Å². The minimum absolute atomic E-state index is 0.157. The van der Waals surface area contributed by atoms with Crippen LogP contribution in [0.1, 0.15) is 19.4 Å². The first-order chi connectivity index (χ1) is 14.0. The van der Waals surface area contributed by atoms with Crippen molar-refractivity contribution in [1.82, 2.24) is 0 Å². The minimum Gasteiger partial charge on any atom is -0.474 e. The van der Waals surface area contributed by atoms with E-state index in [-0.39, 0.29) is 22.3 Å². The minimum atomic E-state index is -3.40. The summed E-state index contributed by atoms with van der Waals surface area (Å²) >= 11 is 10.6. The van der Waals surface area contributed by atoms with Crippen LogP contribution in [0.15, 0.2) is 52.4 Å². The Morgan fingerprint density at radius 2 is 1.67 bits per heavy atom. The quantitative estimate of drug-likeness (QED) is 0.161. The summed E-state index contributed by atoms with van der Waals surface area (Å²) in [5.41, 5.74) is -0.366. The molecule has 2 aromatic carbocycles. The van der Waals surface area contributed by atoms with Crippen LogP contribution in [0.3, 0.4) is 0 Å². The normalized spacial score (nSPS) is 12.4. The molecule has 0 saturated heterocycles. The second-order valence-corrected chi connectivity index (χ2v) is 8.42. The summed E-state index contributed by atoms with van der Waals surface area (Å²) in [7, 11) is 0. The van der Waals surface area contributed by atoms with Gasteiger partial charge >= 0.3 is 11.3 Å². The molecule has 2 aromatic rings. The van der Waals surface area contributed by atoms with Gasteiger partial charge in [-0.25, -0.2) is 13.6 Å². The molecular formula is C19H16Cl2F4N2O2S. The standard InChI is InChI=1S/C19H16Cl2F4N2O2S/c1-10(2)29-16(15-13(22)4-3-5-14(15)23)27-18(28)26-11-6-8-12(9-7-11)30-19(24,25)17(20)21/h3-10,17H,1-2H3,(H,26,28). The first-order valence-corrected chi connectivity index (χ1v) is 10.1. The Morgan fingerprint density at radius 1 is 1.10 bits per heavy atom. The van der Waals surface area contributed by atoms with Gasteiger partial charge in [0.25, 0.3) is 0 Å². The number of hydrogen-bond acceptors (Lipinski definition) is 3. The van der Waals surface area contributed by atoms with Crippen LogP contribution >= 0.6 is 35.0 Å². The van der Waals surface area contributed by atoms with Crippen molar-refractivity contribution >= 4 is 52.6 Å². The van der Waals surface area contributed by atoms with Gasteiger partial charge in [-0.15, -0.1) is 0 Å². The Bertz CT molecular complexity index is 905. The number of thioether (sulfide) groups is 1. The third-order valence-corrected chi connectivity index (χ3v) is 5.16. The zero-order valence-corrected chi connectivity index (χ0v) is 18.0. The number of benzene rings is 2. The van der Waals surface area contributed by atoms with Crippen molar-refractivity contribution in [2.24, 2.45) is 4.99 Å². The maximum absolute atomic E-state index is 14.0. The van der Waals surface area contributed by atoms with Crippen molar-refractivity contribution in [3.8, 4) is 0 Å². The summed E-state index contributed by atoms with van der Waals surface area (Å²) in [4.78, 5) is 14.1. The molecule has 2 amide bonds. The van der Waals surface area contributed by atoms with Gasteiger partial charge in [0.05, 0.1) is 6.10 Å². The zero-order valence-electron chi connectivity index (χ0n) is 15.6. The van der Waals surface area contributed by atoms with Gasteiger partial charge in [0.1, 0.15) is 17.2 Å². The molecule has 0 radical (unpaired) electrons. The summed E-state index contributed by atoms with van der Waals surface area (Å²) in [6.07, 6.45) is -0.513. The summed E-state index contributed by atoms with van der Waals surface area (Å²) < 4.78 is 60.5. The van der Waals surface area contributed by atoms with Gasteiger partial charge in [-0.05, 0) is 62.0 Å². The Labute approximate surface area is 184 Å². The number of alkyl halides is 4. The molecule has 11 heteroatoms. The number of amides is 2. The predicted molar refractivity (Wildman–Crippen MR) is 111 cm³/mol. The fourth-order valence-corrected chi connectivity index (χ4v) is 3.06. The van der Waals surface area contributed by atoms with Crippen LogP contribution in [0.2, 0.25) is 0 Å². The van der Waals surface area contributed by atoms with E-state index < -0.39 is 45.3 Å². The molecule has 0 saturated carbocycles. The molecule has 0 aliphatic heterocycles. The van der Waals surface area contributed by atoms with Gasteiger partial charge in [-0.3, -0.25) is 0 Å². The second kappa shape index (κ2) is 10.4. The molecule has 0 bridgehead atoms. The van der Waals surface area contributed by atoms with Crippen LogP contribution < -0.4 is 5.32 Å². The lowest BCUT2D eigenvalue weighted by Gasteiger charge is -2.16. The third kappa shape index (κ3) is 6.78. The molecule has 0 atom stereocenters. The number of anilines is 1. The second-order valence-electron chi connectivity index (χ2n) is 6.10. The summed E-state index contributed by atoms with van der Waals surface area (Å²) in [5, 5.41) is -1.03. The van der Waals surface area contributed by atoms with Gasteiger partial charge in [0.15, 0.2) is 4.84 Å². The molecule has 0 fully saturated rings. The number of ether oxygens (including phenoxy) is 1. The Hall–Kier alpha value is -1.97. The average molecular weight is 483 g/mol. The van der Waals surface area contributed by atoms with E-state index in [1.54, 1.807) is 13.8 Å². The van der Waals surface area contributed by atoms with Crippen LogP contribution in [-0.4, -0.2) is 28.1 Å². The zero-order chi connectivity index (χ0) is 22.5. The highest BCUT2D eigenvalue weighted by atomic mass is 35.5. The van der Waals surface area contributed by atoms with Gasteiger partial charge in [-0.1, -0.05) is 29.3 Å². The lowest BCUT2D eigenvalue weighted by atomic mass is 10.2. The van der Waals surface area contributed by atoms with Crippen molar-refractivity contribution in [2.45, 2.75) is 34.9 Å². The summed E-state index contributed by atoms with van der Waals surface area (Å²) in [6, 6.07) is 7.53. The van der Waals surface area contributed by atoms with Crippen LogP contribution in [-0.2, 0) is 4.74 Å². The van der Waals surface area contributed by atoms with E-state index in [4.69, 9.17) is 27.9 Å². The van der Waals surface area contributed by atoms with Crippen molar-refractivity contribution in [3.05, 3.63) is 59.7 Å². The molecule has 2 rings (SSSR count). The first-order valence-electron chi connectivity index (χ1n) is 8.45. The highest BCUT2D eigenvalue weighted by Crippen LogP contribution is 2.42. The Balaban J connectivity index is 2.19. The third-order valence-electron chi connectivity index (χ3n) is 3.34. The predicted octanol–water partition coefficient (Wildman–Crippen LogP) is 6.86. The number of hydrogen-bond donors (Lipinski definition) is 1. The van der Waals surface area contributed by atoms with E-state index in [1.165, 1.54) is 30.3 Å². The molecule has 162 valence electrons. The van der Waals surface area contributed by atoms with Crippen LogP contribution in [0, 0.1) is 11.6 Å². The topological polar surface area (TPSA) is 50.7 Å². The molecule has 0 spiro atoms. The van der Waals surface area contributed by atoms with E-state index in [0.29, 0.717) is 0 Å². The monoisotopic (exact) mass is 482 g/mol. The van der Waals surface area contributed by atoms with E-state index in [9.17, 15) is 22.4 Å². The van der Waals surface area contributed by atoms with E-state index in [0.717, 1.165) is 12.1 Å². The molecule has 4 nitrogen and oxygen atoms in total. The molecule has 0 heterocycles. The molecule has 0 aliphatic carbocycles. The number of halogens is 6. The van der Waals surface area contributed by atoms with Gasteiger partial charge in [-0.2, -0.15) is 13.8 Å². The van der Waals surface area contributed by atoms with Crippen molar-refractivity contribution < 1.29 is 27.1 Å². The van der Waals surface area contributed by atoms with E-state index >= 15 is 0 Å². The number of nitrogens with one attached hydrogen (secondary N) is 1. The van der Waals surface area contributed by atoms with Gasteiger partial charge in [0.2, 0.25) is 5.90 Å². The highest BCUT2D eigenvalue weighted by Gasteiger charge is 2.38. The van der Waals surface area contributed by atoms with Gasteiger partial charge in [0, 0.05) is 10.6 Å². The molecular weight excluding hydrogens is 467 g/mol. The number of carbonyl (C=O) groups is 1. The highest BCUT2D eigenvalue weighted by molar-refractivity contribution is 8.00. The van der Waals surface area contributed by atoms with Crippen molar-refractivity contribution in [2.75, 3.05) is 5.32 Å².